The topological polar surface area (TPSA) is 110 Å². The SMILES string of the molecule is CCOC(=O)C1(S(=O)(=O)c2ccc(F)cc2)CCNCC1.O=C(O)C(F)(F)F. The highest BCUT2D eigenvalue weighted by Gasteiger charge is 2.53. The number of hydrogen-bond acceptors (Lipinski definition) is 6. The first kappa shape index (κ1) is 23.8. The number of nitrogens with one attached hydrogen (secondary N) is 1. The number of halogens is 4. The van der Waals surface area contributed by atoms with E-state index in [-0.39, 0.29) is 24.3 Å². The van der Waals surface area contributed by atoms with Crippen molar-refractivity contribution in [1.82, 2.24) is 5.32 Å². The molecule has 0 aromatic heterocycles. The van der Waals surface area contributed by atoms with E-state index in [1.165, 1.54) is 12.1 Å². The summed E-state index contributed by atoms with van der Waals surface area (Å²) in [6.45, 7) is 2.59. The number of esters is 1. The predicted molar refractivity (Wildman–Crippen MR) is 88.7 cm³/mol. The minimum Gasteiger partial charge on any atom is -0.475 e. The molecule has 1 heterocycles. The van der Waals surface area contributed by atoms with Gasteiger partial charge in [-0.2, -0.15) is 13.2 Å². The van der Waals surface area contributed by atoms with Gasteiger partial charge in [0, 0.05) is 0 Å². The van der Waals surface area contributed by atoms with Crippen LogP contribution in [0.25, 0.3) is 0 Å². The van der Waals surface area contributed by atoms with Crippen LogP contribution >= 0.6 is 0 Å². The maximum atomic E-state index is 13.0. The van der Waals surface area contributed by atoms with Crippen molar-refractivity contribution in [2.75, 3.05) is 19.7 Å². The fourth-order valence-electron chi connectivity index (χ4n) is 2.52. The number of rotatable bonds is 4. The van der Waals surface area contributed by atoms with Gasteiger partial charge in [-0.15, -0.1) is 0 Å². The Bertz CT molecular complexity index is 786. The van der Waals surface area contributed by atoms with Crippen LogP contribution in [0.3, 0.4) is 0 Å². The molecular weight excluding hydrogens is 410 g/mol. The normalized spacial score (nSPS) is 16.5. The second-order valence-corrected chi connectivity index (χ2v) is 7.98. The van der Waals surface area contributed by atoms with Gasteiger partial charge in [-0.1, -0.05) is 0 Å². The van der Waals surface area contributed by atoms with Crippen LogP contribution in [0.15, 0.2) is 29.2 Å². The first-order valence-electron chi connectivity index (χ1n) is 8.06. The lowest BCUT2D eigenvalue weighted by atomic mass is 9.97. The average Bonchev–Trinajstić information content (AvgIpc) is 2.62. The first-order valence-corrected chi connectivity index (χ1v) is 9.55. The zero-order valence-corrected chi connectivity index (χ0v) is 15.6. The molecule has 0 bridgehead atoms. The quantitative estimate of drug-likeness (QED) is 0.428. The van der Waals surface area contributed by atoms with Gasteiger partial charge in [0.05, 0.1) is 11.5 Å². The number of sulfone groups is 1. The van der Waals surface area contributed by atoms with Gasteiger partial charge in [0.1, 0.15) is 5.82 Å². The number of alkyl halides is 3. The minimum absolute atomic E-state index is 0.0566. The van der Waals surface area contributed by atoms with E-state index in [1.807, 2.05) is 0 Å². The van der Waals surface area contributed by atoms with E-state index >= 15 is 0 Å². The molecule has 1 saturated heterocycles. The highest BCUT2D eigenvalue weighted by Crippen LogP contribution is 2.35. The molecule has 158 valence electrons. The van der Waals surface area contributed by atoms with Crippen LogP contribution in [0.4, 0.5) is 17.6 Å². The van der Waals surface area contributed by atoms with Crippen LogP contribution < -0.4 is 5.32 Å². The average molecular weight is 429 g/mol. The van der Waals surface area contributed by atoms with Crippen molar-refractivity contribution in [3.8, 4) is 0 Å². The molecule has 2 rings (SSSR count). The monoisotopic (exact) mass is 429 g/mol. The number of ether oxygens (including phenoxy) is 1. The molecule has 7 nitrogen and oxygen atoms in total. The Hall–Kier alpha value is -2.21. The zero-order chi connectivity index (χ0) is 21.6. The van der Waals surface area contributed by atoms with E-state index in [0.717, 1.165) is 12.1 Å². The van der Waals surface area contributed by atoms with Crippen LogP contribution in [-0.4, -0.2) is 56.1 Å². The Kier molecular flexibility index (Phi) is 7.94. The number of hydrogen-bond donors (Lipinski definition) is 2. The van der Waals surface area contributed by atoms with E-state index in [4.69, 9.17) is 14.6 Å². The molecule has 0 atom stereocenters. The molecule has 0 radical (unpaired) electrons. The molecule has 1 aromatic rings. The molecule has 2 N–H and O–H groups in total. The molecule has 1 aliphatic heterocycles. The number of carboxylic acid groups (broad SMARTS) is 1. The maximum absolute atomic E-state index is 13.0. The van der Waals surface area contributed by atoms with Crippen molar-refractivity contribution >= 4 is 21.8 Å². The van der Waals surface area contributed by atoms with Gasteiger partial charge < -0.3 is 15.2 Å². The Morgan fingerprint density at radius 2 is 1.64 bits per heavy atom. The lowest BCUT2D eigenvalue weighted by Crippen LogP contribution is -2.54. The third-order valence-electron chi connectivity index (χ3n) is 3.94. The molecule has 0 amide bonds. The molecule has 1 aliphatic rings. The number of benzene rings is 1. The van der Waals surface area contributed by atoms with E-state index in [2.05, 4.69) is 5.32 Å². The van der Waals surface area contributed by atoms with E-state index in [1.54, 1.807) is 6.92 Å². The van der Waals surface area contributed by atoms with Gasteiger partial charge in [-0.25, -0.2) is 17.6 Å². The van der Waals surface area contributed by atoms with Crippen LogP contribution in [0.1, 0.15) is 19.8 Å². The summed E-state index contributed by atoms with van der Waals surface area (Å²) in [5.41, 5.74) is 0. The molecule has 0 saturated carbocycles. The van der Waals surface area contributed by atoms with Gasteiger partial charge in [0.15, 0.2) is 14.6 Å². The number of carbonyl (C=O) groups is 2. The molecule has 0 unspecified atom stereocenters. The van der Waals surface area contributed by atoms with Crippen LogP contribution in [0.5, 0.6) is 0 Å². The lowest BCUT2D eigenvalue weighted by Gasteiger charge is -2.34. The third kappa shape index (κ3) is 5.41. The summed E-state index contributed by atoms with van der Waals surface area (Å²) < 4.78 is 73.9. The van der Waals surface area contributed by atoms with E-state index < -0.39 is 38.5 Å². The highest BCUT2D eigenvalue weighted by atomic mass is 32.2. The van der Waals surface area contributed by atoms with Crippen molar-refractivity contribution in [3.63, 3.8) is 0 Å². The summed E-state index contributed by atoms with van der Waals surface area (Å²) in [5.74, 6) is -4.01. The summed E-state index contributed by atoms with van der Waals surface area (Å²) in [5, 5.41) is 10.2. The molecule has 1 fully saturated rings. The van der Waals surface area contributed by atoms with Gasteiger partial charge in [0.25, 0.3) is 0 Å². The molecule has 0 spiro atoms. The van der Waals surface area contributed by atoms with Crippen LogP contribution in [-0.2, 0) is 24.2 Å². The Morgan fingerprint density at radius 3 is 2.04 bits per heavy atom. The number of piperidine rings is 1. The van der Waals surface area contributed by atoms with Crippen molar-refractivity contribution in [2.24, 2.45) is 0 Å². The Morgan fingerprint density at radius 1 is 1.18 bits per heavy atom. The maximum Gasteiger partial charge on any atom is 0.490 e. The molecule has 28 heavy (non-hydrogen) atoms. The Balaban J connectivity index is 0.000000480. The van der Waals surface area contributed by atoms with E-state index in [9.17, 15) is 30.8 Å². The summed E-state index contributed by atoms with van der Waals surface area (Å²) in [6, 6.07) is 4.53. The molecule has 0 aliphatic carbocycles. The van der Waals surface area contributed by atoms with Gasteiger partial charge in [0.2, 0.25) is 0 Å². The lowest BCUT2D eigenvalue weighted by molar-refractivity contribution is -0.192. The van der Waals surface area contributed by atoms with Gasteiger partial charge in [-0.05, 0) is 57.1 Å². The number of carboxylic acids is 1. The third-order valence-corrected chi connectivity index (χ3v) is 6.44. The van der Waals surface area contributed by atoms with Gasteiger partial charge >= 0.3 is 18.1 Å². The van der Waals surface area contributed by atoms with Gasteiger partial charge in [-0.3, -0.25) is 4.79 Å². The van der Waals surface area contributed by atoms with Crippen molar-refractivity contribution in [2.45, 2.75) is 35.6 Å². The second-order valence-electron chi connectivity index (χ2n) is 5.73. The van der Waals surface area contributed by atoms with Crippen molar-refractivity contribution in [1.29, 1.82) is 0 Å². The zero-order valence-electron chi connectivity index (χ0n) is 14.8. The molecular formula is C16H19F4NO6S. The first-order chi connectivity index (χ1) is 12.9. The van der Waals surface area contributed by atoms with Crippen LogP contribution in [0.2, 0.25) is 0 Å². The summed E-state index contributed by atoms with van der Waals surface area (Å²) in [6.07, 6.45) is -4.79. The standard InChI is InChI=1S/C14H18FNO4S.C2HF3O2/c1-2-20-13(17)14(7-9-16-10-8-14)21(18,19)12-5-3-11(15)4-6-12;3-2(4,5)1(6)7/h3-6,16H,2,7-10H2,1H3;(H,6,7). The predicted octanol–water partition coefficient (Wildman–Crippen LogP) is 1.92. The van der Waals surface area contributed by atoms with Crippen molar-refractivity contribution < 1.29 is 45.4 Å². The van der Waals surface area contributed by atoms with Crippen molar-refractivity contribution in [3.05, 3.63) is 30.1 Å². The fourth-order valence-corrected chi connectivity index (χ4v) is 4.48. The second kappa shape index (κ2) is 9.32. The fraction of sp³-hybridized carbons (Fsp3) is 0.500. The minimum atomic E-state index is -5.08. The summed E-state index contributed by atoms with van der Waals surface area (Å²) in [7, 11) is -3.94. The van der Waals surface area contributed by atoms with Crippen LogP contribution in [0, 0.1) is 5.82 Å². The largest absolute Gasteiger partial charge is 0.490 e. The smallest absolute Gasteiger partial charge is 0.475 e. The summed E-state index contributed by atoms with van der Waals surface area (Å²) in [4.78, 5) is 21.1. The molecule has 1 aromatic carbocycles. The highest BCUT2D eigenvalue weighted by molar-refractivity contribution is 7.93. The Labute approximate surface area is 158 Å². The summed E-state index contributed by atoms with van der Waals surface area (Å²) >= 11 is 0. The van der Waals surface area contributed by atoms with E-state index in [0.29, 0.717) is 13.1 Å². The number of carbonyl (C=O) groups excluding carboxylic acids is 1. The number of aliphatic carboxylic acids is 1. The molecule has 12 heteroatoms.